The van der Waals surface area contributed by atoms with E-state index in [2.05, 4.69) is 32.7 Å². The van der Waals surface area contributed by atoms with Crippen LogP contribution in [0.15, 0.2) is 36.4 Å². The summed E-state index contributed by atoms with van der Waals surface area (Å²) in [6.45, 7) is 8.06. The van der Waals surface area contributed by atoms with Crippen molar-refractivity contribution in [3.05, 3.63) is 53.2 Å². The van der Waals surface area contributed by atoms with E-state index in [4.69, 9.17) is 4.74 Å². The van der Waals surface area contributed by atoms with Gasteiger partial charge >= 0.3 is 0 Å². The Labute approximate surface area is 223 Å². The van der Waals surface area contributed by atoms with Gasteiger partial charge in [0, 0.05) is 37.3 Å². The van der Waals surface area contributed by atoms with Crippen molar-refractivity contribution in [1.82, 2.24) is 25.2 Å². The summed E-state index contributed by atoms with van der Waals surface area (Å²) in [6, 6.07) is 11.2. The maximum absolute atomic E-state index is 13.4. The standard InChI is InChI=1S/C29H37N5O4/c1-19(2)23-16-24(26(36)17-25(23)35)34-28(27(31-32-34)29(37)30-22-6-4-3-5-7-22)21-10-8-20(9-11-21)18-33-12-14-38-15-13-33/h8-11,16-17,19,22,35-36H,3-7,12-15,18H2,1-2H3,(H,30,37). The number of aromatic nitrogens is 3. The average Bonchev–Trinajstić information content (AvgIpc) is 3.35. The van der Waals surface area contributed by atoms with Crippen LogP contribution in [0, 0.1) is 0 Å². The number of morpholine rings is 1. The second-order valence-corrected chi connectivity index (χ2v) is 10.6. The molecule has 3 N–H and O–H groups in total. The predicted molar refractivity (Wildman–Crippen MR) is 145 cm³/mol. The molecule has 1 aromatic heterocycles. The number of rotatable bonds is 7. The van der Waals surface area contributed by atoms with Gasteiger partial charge in [-0.1, -0.05) is 62.6 Å². The molecule has 38 heavy (non-hydrogen) atoms. The van der Waals surface area contributed by atoms with Crippen molar-refractivity contribution in [3.8, 4) is 28.4 Å². The Hall–Kier alpha value is -3.43. The molecule has 2 aromatic carbocycles. The van der Waals surface area contributed by atoms with Crippen molar-refractivity contribution in [1.29, 1.82) is 0 Å². The van der Waals surface area contributed by atoms with Crippen molar-refractivity contribution < 1.29 is 19.7 Å². The average molecular weight is 520 g/mol. The molecule has 0 unspecified atom stereocenters. The van der Waals surface area contributed by atoms with E-state index in [0.717, 1.165) is 69.7 Å². The van der Waals surface area contributed by atoms with Gasteiger partial charge in [0.15, 0.2) is 5.69 Å². The number of carbonyl (C=O) groups excluding carboxylic acids is 1. The molecule has 2 aliphatic rings. The molecule has 1 aliphatic heterocycles. The highest BCUT2D eigenvalue weighted by molar-refractivity contribution is 5.98. The van der Waals surface area contributed by atoms with Gasteiger partial charge in [0.2, 0.25) is 0 Å². The number of nitrogens with zero attached hydrogens (tertiary/aromatic N) is 4. The molecule has 0 atom stereocenters. The molecule has 202 valence electrons. The van der Waals surface area contributed by atoms with Crippen LogP contribution in [-0.2, 0) is 11.3 Å². The first-order chi connectivity index (χ1) is 18.4. The number of ether oxygens (including phenoxy) is 1. The zero-order valence-corrected chi connectivity index (χ0v) is 22.2. The van der Waals surface area contributed by atoms with Crippen LogP contribution in [0.2, 0.25) is 0 Å². The van der Waals surface area contributed by atoms with Crippen LogP contribution in [0.25, 0.3) is 16.9 Å². The van der Waals surface area contributed by atoms with Crippen LogP contribution in [0.1, 0.15) is 73.5 Å². The normalized spacial score (nSPS) is 17.1. The second kappa shape index (κ2) is 11.5. The third-order valence-electron chi connectivity index (χ3n) is 7.54. The summed E-state index contributed by atoms with van der Waals surface area (Å²) in [7, 11) is 0. The Kier molecular flexibility index (Phi) is 7.95. The molecule has 1 amide bonds. The minimum atomic E-state index is -0.266. The van der Waals surface area contributed by atoms with Gasteiger partial charge in [-0.05, 0) is 36.0 Å². The van der Waals surface area contributed by atoms with E-state index in [1.807, 2.05) is 26.0 Å². The molecule has 9 heteroatoms. The number of phenolic OH excluding ortho intramolecular Hbond substituents is 2. The van der Waals surface area contributed by atoms with E-state index in [1.165, 1.54) is 17.2 Å². The minimum Gasteiger partial charge on any atom is -0.508 e. The van der Waals surface area contributed by atoms with E-state index >= 15 is 0 Å². The number of carbonyl (C=O) groups is 1. The number of benzene rings is 2. The Bertz CT molecular complexity index is 1260. The number of phenols is 2. The molecule has 1 aliphatic carbocycles. The fourth-order valence-electron chi connectivity index (χ4n) is 5.36. The SMILES string of the molecule is CC(C)c1cc(-n2nnc(C(=O)NC3CCCCC3)c2-c2ccc(CN3CCOCC3)cc2)c(O)cc1O. The maximum Gasteiger partial charge on any atom is 0.274 e. The van der Waals surface area contributed by atoms with Gasteiger partial charge in [0.25, 0.3) is 5.91 Å². The molecule has 0 spiro atoms. The first-order valence-corrected chi connectivity index (χ1v) is 13.6. The molecule has 1 saturated carbocycles. The Balaban J connectivity index is 1.52. The predicted octanol–water partition coefficient (Wildman–Crippen LogP) is 4.36. The number of nitrogens with one attached hydrogen (secondary N) is 1. The molecular formula is C29H37N5O4. The maximum atomic E-state index is 13.4. The number of hydrogen-bond donors (Lipinski definition) is 3. The zero-order chi connectivity index (χ0) is 26.6. The number of hydrogen-bond acceptors (Lipinski definition) is 7. The van der Waals surface area contributed by atoms with Gasteiger partial charge < -0.3 is 20.3 Å². The van der Waals surface area contributed by atoms with Crippen LogP contribution >= 0.6 is 0 Å². The van der Waals surface area contributed by atoms with Crippen LogP contribution < -0.4 is 5.32 Å². The summed E-state index contributed by atoms with van der Waals surface area (Å²) in [5.74, 6) is -0.361. The monoisotopic (exact) mass is 519 g/mol. The number of amides is 1. The highest BCUT2D eigenvalue weighted by Gasteiger charge is 2.27. The van der Waals surface area contributed by atoms with Crippen molar-refractivity contribution in [2.45, 2.75) is 64.5 Å². The van der Waals surface area contributed by atoms with E-state index < -0.39 is 0 Å². The molecule has 2 fully saturated rings. The lowest BCUT2D eigenvalue weighted by molar-refractivity contribution is 0.0342. The van der Waals surface area contributed by atoms with Crippen molar-refractivity contribution >= 4 is 5.91 Å². The van der Waals surface area contributed by atoms with Crippen molar-refractivity contribution in [2.75, 3.05) is 26.3 Å². The summed E-state index contributed by atoms with van der Waals surface area (Å²) >= 11 is 0. The highest BCUT2D eigenvalue weighted by atomic mass is 16.5. The lowest BCUT2D eigenvalue weighted by atomic mass is 9.95. The summed E-state index contributed by atoms with van der Waals surface area (Å²) < 4.78 is 6.97. The van der Waals surface area contributed by atoms with Gasteiger partial charge in [-0.25, -0.2) is 4.68 Å². The molecule has 9 nitrogen and oxygen atoms in total. The van der Waals surface area contributed by atoms with Gasteiger partial charge in [-0.15, -0.1) is 5.10 Å². The zero-order valence-electron chi connectivity index (χ0n) is 22.2. The third kappa shape index (κ3) is 5.68. The molecule has 3 aromatic rings. The molecule has 0 bridgehead atoms. The summed E-state index contributed by atoms with van der Waals surface area (Å²) in [6.07, 6.45) is 5.33. The number of aromatic hydroxyl groups is 2. The van der Waals surface area contributed by atoms with E-state index in [-0.39, 0.29) is 35.1 Å². The van der Waals surface area contributed by atoms with E-state index in [9.17, 15) is 15.0 Å². The molecule has 5 rings (SSSR count). The van der Waals surface area contributed by atoms with Crippen molar-refractivity contribution in [3.63, 3.8) is 0 Å². The van der Waals surface area contributed by atoms with Crippen molar-refractivity contribution in [2.24, 2.45) is 0 Å². The first kappa shape index (κ1) is 26.2. The molecular weight excluding hydrogens is 482 g/mol. The van der Waals surface area contributed by atoms with Crippen LogP contribution in [0.4, 0.5) is 0 Å². The Morgan fingerprint density at radius 2 is 1.76 bits per heavy atom. The second-order valence-electron chi connectivity index (χ2n) is 10.6. The largest absolute Gasteiger partial charge is 0.508 e. The van der Waals surface area contributed by atoms with Gasteiger partial charge in [-0.2, -0.15) is 0 Å². The summed E-state index contributed by atoms with van der Waals surface area (Å²) in [4.78, 5) is 15.8. The molecule has 2 heterocycles. The topological polar surface area (TPSA) is 113 Å². The molecule has 1 saturated heterocycles. The van der Waals surface area contributed by atoms with Crippen LogP contribution in [-0.4, -0.2) is 68.4 Å². The third-order valence-corrected chi connectivity index (χ3v) is 7.54. The highest BCUT2D eigenvalue weighted by Crippen LogP contribution is 2.36. The first-order valence-electron chi connectivity index (χ1n) is 13.6. The van der Waals surface area contributed by atoms with E-state index in [0.29, 0.717) is 16.9 Å². The molecule has 0 radical (unpaired) electrons. The van der Waals surface area contributed by atoms with Gasteiger partial charge in [0.1, 0.15) is 22.9 Å². The van der Waals surface area contributed by atoms with Gasteiger partial charge in [-0.3, -0.25) is 9.69 Å². The lowest BCUT2D eigenvalue weighted by Gasteiger charge is -2.26. The Morgan fingerprint density at radius 1 is 1.05 bits per heavy atom. The quantitative estimate of drug-likeness (QED) is 0.425. The lowest BCUT2D eigenvalue weighted by Crippen LogP contribution is -2.36. The smallest absolute Gasteiger partial charge is 0.274 e. The van der Waals surface area contributed by atoms with Crippen LogP contribution in [0.5, 0.6) is 11.5 Å². The fraction of sp³-hybridized carbons (Fsp3) is 0.483. The minimum absolute atomic E-state index is 0.0191. The van der Waals surface area contributed by atoms with Gasteiger partial charge in [0.05, 0.1) is 13.2 Å². The van der Waals surface area contributed by atoms with E-state index in [1.54, 1.807) is 6.07 Å². The fourth-order valence-corrected chi connectivity index (χ4v) is 5.36. The van der Waals surface area contributed by atoms with Crippen LogP contribution in [0.3, 0.4) is 0 Å². The summed E-state index contributed by atoms with van der Waals surface area (Å²) in [5.41, 5.74) is 3.70. The summed E-state index contributed by atoms with van der Waals surface area (Å²) in [5, 5.41) is 32.9. The Morgan fingerprint density at radius 3 is 2.45 bits per heavy atom.